The molecule has 0 spiro atoms. The summed E-state index contributed by atoms with van der Waals surface area (Å²) in [6, 6.07) is 10.1. The van der Waals surface area contributed by atoms with Crippen LogP contribution in [0.3, 0.4) is 0 Å². The average Bonchev–Trinajstić information content (AvgIpc) is 2.50. The molecule has 1 atom stereocenters. The number of aromatic nitrogens is 2. The van der Waals surface area contributed by atoms with Gasteiger partial charge in [-0.1, -0.05) is 41.9 Å². The lowest BCUT2D eigenvalue weighted by Crippen LogP contribution is -2.34. The van der Waals surface area contributed by atoms with Gasteiger partial charge >= 0.3 is 6.01 Å². The van der Waals surface area contributed by atoms with Gasteiger partial charge in [0.05, 0.1) is 18.8 Å². The highest BCUT2D eigenvalue weighted by Gasteiger charge is 2.27. The van der Waals surface area contributed by atoms with Gasteiger partial charge < -0.3 is 10.1 Å². The Hall–Kier alpha value is -1.52. The van der Waals surface area contributed by atoms with Crippen molar-refractivity contribution in [2.75, 3.05) is 18.3 Å². The minimum atomic E-state index is -0.494. The van der Waals surface area contributed by atoms with Crippen LogP contribution in [0, 0.1) is 0 Å². The maximum absolute atomic E-state index is 6.14. The maximum Gasteiger partial charge on any atom is 0.318 e. The van der Waals surface area contributed by atoms with Gasteiger partial charge in [-0.05, 0) is 12.5 Å². The molecule has 2 aromatic rings. The minimum absolute atomic E-state index is 0.252. The predicted molar refractivity (Wildman–Crippen MR) is 81.7 cm³/mol. The molecule has 0 fully saturated rings. The molecule has 106 valence electrons. The number of halogens is 2. The molecule has 6 heteroatoms. The molecule has 4 nitrogen and oxygen atoms in total. The average molecular weight is 312 g/mol. The lowest BCUT2D eigenvalue weighted by Gasteiger charge is -2.30. The number of ether oxygens (including phenoxy) is 1. The van der Waals surface area contributed by atoms with Crippen LogP contribution in [0.2, 0.25) is 5.02 Å². The molecule has 2 rings (SSSR count). The number of rotatable bonds is 5. The molecule has 0 saturated heterocycles. The van der Waals surface area contributed by atoms with Crippen LogP contribution in [0.15, 0.2) is 36.5 Å². The van der Waals surface area contributed by atoms with E-state index in [0.717, 1.165) is 5.56 Å². The first-order chi connectivity index (χ1) is 9.59. The molecule has 1 heterocycles. The van der Waals surface area contributed by atoms with Crippen LogP contribution in [0.25, 0.3) is 0 Å². The first-order valence-electron chi connectivity index (χ1n) is 6.05. The van der Waals surface area contributed by atoms with Crippen LogP contribution in [-0.4, -0.2) is 23.0 Å². The molecule has 0 aliphatic heterocycles. The van der Waals surface area contributed by atoms with Gasteiger partial charge in [0.15, 0.2) is 5.82 Å². The molecule has 1 aromatic carbocycles. The van der Waals surface area contributed by atoms with E-state index in [-0.39, 0.29) is 6.01 Å². The van der Waals surface area contributed by atoms with E-state index in [4.69, 9.17) is 27.9 Å². The van der Waals surface area contributed by atoms with Crippen molar-refractivity contribution in [3.63, 3.8) is 0 Å². The van der Waals surface area contributed by atoms with Crippen molar-refractivity contribution in [2.45, 2.75) is 12.5 Å². The molecule has 0 radical (unpaired) electrons. The van der Waals surface area contributed by atoms with Crippen molar-refractivity contribution in [2.24, 2.45) is 0 Å². The third kappa shape index (κ3) is 3.14. The Morgan fingerprint density at radius 2 is 2.00 bits per heavy atom. The summed E-state index contributed by atoms with van der Waals surface area (Å²) < 4.78 is 5.01. The highest BCUT2D eigenvalue weighted by Crippen LogP contribution is 2.30. The normalized spacial score (nSPS) is 13.6. The summed E-state index contributed by atoms with van der Waals surface area (Å²) in [7, 11) is 1.50. The van der Waals surface area contributed by atoms with Crippen LogP contribution < -0.4 is 10.1 Å². The third-order valence-corrected chi connectivity index (χ3v) is 3.79. The monoisotopic (exact) mass is 311 g/mol. The van der Waals surface area contributed by atoms with Crippen molar-refractivity contribution >= 4 is 29.0 Å². The van der Waals surface area contributed by atoms with Crippen molar-refractivity contribution in [1.29, 1.82) is 0 Å². The summed E-state index contributed by atoms with van der Waals surface area (Å²) in [5.41, 5.74) is 0.551. The molecule has 0 amide bonds. The number of hydrogen-bond donors (Lipinski definition) is 1. The molecule has 0 bridgehead atoms. The zero-order chi connectivity index (χ0) is 14.6. The van der Waals surface area contributed by atoms with E-state index in [1.54, 1.807) is 0 Å². The quantitative estimate of drug-likeness (QED) is 0.855. The van der Waals surface area contributed by atoms with E-state index < -0.39 is 5.54 Å². The van der Waals surface area contributed by atoms with E-state index in [9.17, 15) is 0 Å². The SMILES string of the molecule is COc1ncc(Cl)c(NC(C)(CCl)c2ccccc2)n1. The Morgan fingerprint density at radius 1 is 1.30 bits per heavy atom. The fraction of sp³-hybridized carbons (Fsp3) is 0.286. The van der Waals surface area contributed by atoms with E-state index in [2.05, 4.69) is 15.3 Å². The van der Waals surface area contributed by atoms with E-state index in [1.165, 1.54) is 13.3 Å². The Morgan fingerprint density at radius 3 is 2.60 bits per heavy atom. The standard InChI is InChI=1S/C14H15Cl2N3O/c1-14(9-15,10-6-4-3-5-7-10)19-12-11(16)8-17-13(18-12)20-2/h3-8H,9H2,1-2H3,(H,17,18,19). The minimum Gasteiger partial charge on any atom is -0.467 e. The lowest BCUT2D eigenvalue weighted by molar-refractivity contribution is 0.380. The number of nitrogens with one attached hydrogen (secondary N) is 1. The second kappa shape index (κ2) is 6.29. The van der Waals surface area contributed by atoms with Crippen molar-refractivity contribution in [3.05, 3.63) is 47.1 Å². The molecule has 1 aromatic heterocycles. The smallest absolute Gasteiger partial charge is 0.318 e. The molecular formula is C14H15Cl2N3O. The van der Waals surface area contributed by atoms with Crippen molar-refractivity contribution < 1.29 is 4.74 Å². The fourth-order valence-corrected chi connectivity index (χ4v) is 2.15. The molecule has 0 aliphatic carbocycles. The van der Waals surface area contributed by atoms with Gasteiger partial charge in [-0.25, -0.2) is 4.98 Å². The Kier molecular flexibility index (Phi) is 4.68. The number of hydrogen-bond acceptors (Lipinski definition) is 4. The Labute approximate surface area is 128 Å². The molecule has 1 unspecified atom stereocenters. The van der Waals surface area contributed by atoms with Gasteiger partial charge in [-0.2, -0.15) is 4.98 Å². The summed E-state index contributed by atoms with van der Waals surface area (Å²) in [6.07, 6.45) is 1.50. The topological polar surface area (TPSA) is 47.0 Å². The Bertz CT molecular complexity index is 580. The summed E-state index contributed by atoms with van der Waals surface area (Å²) in [5, 5.41) is 3.68. The van der Waals surface area contributed by atoms with Gasteiger partial charge in [0.1, 0.15) is 5.02 Å². The second-order valence-electron chi connectivity index (χ2n) is 4.51. The van der Waals surface area contributed by atoms with Crippen LogP contribution in [0.4, 0.5) is 5.82 Å². The van der Waals surface area contributed by atoms with Crippen molar-refractivity contribution in [1.82, 2.24) is 9.97 Å². The van der Waals surface area contributed by atoms with E-state index in [1.807, 2.05) is 37.3 Å². The van der Waals surface area contributed by atoms with Gasteiger partial charge in [0, 0.05) is 5.88 Å². The van der Waals surface area contributed by atoms with E-state index in [0.29, 0.717) is 16.7 Å². The number of nitrogens with zero attached hydrogens (tertiary/aromatic N) is 2. The van der Waals surface area contributed by atoms with Gasteiger partial charge in [-0.3, -0.25) is 0 Å². The van der Waals surface area contributed by atoms with Crippen LogP contribution >= 0.6 is 23.2 Å². The Balaban J connectivity index is 2.35. The predicted octanol–water partition coefficient (Wildman–Crippen LogP) is 3.70. The summed E-state index contributed by atoms with van der Waals surface area (Å²) in [5.74, 6) is 0.852. The molecule has 0 saturated carbocycles. The molecular weight excluding hydrogens is 297 g/mol. The van der Waals surface area contributed by atoms with Crippen molar-refractivity contribution in [3.8, 4) is 6.01 Å². The maximum atomic E-state index is 6.14. The van der Waals surface area contributed by atoms with Crippen LogP contribution in [0.5, 0.6) is 6.01 Å². The highest BCUT2D eigenvalue weighted by molar-refractivity contribution is 6.32. The van der Waals surface area contributed by atoms with Gasteiger partial charge in [-0.15, -0.1) is 11.6 Å². The number of anilines is 1. The number of alkyl halides is 1. The van der Waals surface area contributed by atoms with E-state index >= 15 is 0 Å². The molecule has 0 aliphatic rings. The summed E-state index contributed by atoms with van der Waals surface area (Å²) in [6.45, 7) is 1.99. The summed E-state index contributed by atoms with van der Waals surface area (Å²) in [4.78, 5) is 8.16. The second-order valence-corrected chi connectivity index (χ2v) is 5.18. The number of benzene rings is 1. The third-order valence-electron chi connectivity index (χ3n) is 2.98. The van der Waals surface area contributed by atoms with Gasteiger partial charge in [0.2, 0.25) is 0 Å². The number of methoxy groups -OCH3 is 1. The molecule has 1 N–H and O–H groups in total. The van der Waals surface area contributed by atoms with Crippen LogP contribution in [0.1, 0.15) is 12.5 Å². The first kappa shape index (κ1) is 14.9. The summed E-state index contributed by atoms with van der Waals surface area (Å²) >= 11 is 12.3. The zero-order valence-electron chi connectivity index (χ0n) is 11.2. The first-order valence-corrected chi connectivity index (χ1v) is 6.96. The zero-order valence-corrected chi connectivity index (χ0v) is 12.7. The largest absolute Gasteiger partial charge is 0.467 e. The highest BCUT2D eigenvalue weighted by atomic mass is 35.5. The van der Waals surface area contributed by atoms with Gasteiger partial charge in [0.25, 0.3) is 0 Å². The van der Waals surface area contributed by atoms with Crippen LogP contribution in [-0.2, 0) is 5.54 Å². The fourth-order valence-electron chi connectivity index (χ4n) is 1.79. The molecule has 20 heavy (non-hydrogen) atoms. The lowest BCUT2D eigenvalue weighted by atomic mass is 9.94.